The van der Waals surface area contributed by atoms with Crippen molar-refractivity contribution < 1.29 is 4.42 Å². The summed E-state index contributed by atoms with van der Waals surface area (Å²) < 4.78 is 11.8. The topological polar surface area (TPSA) is 13.1 Å². The number of furan rings is 1. The molecule has 1 nitrogen and oxygen atoms in total. The number of benzene rings is 10. The van der Waals surface area contributed by atoms with E-state index in [4.69, 9.17) is 4.42 Å². The van der Waals surface area contributed by atoms with Crippen molar-refractivity contribution in [2.24, 2.45) is 0 Å². The minimum atomic E-state index is 0.933. The Morgan fingerprint density at radius 3 is 1.72 bits per heavy atom. The smallest absolute Gasteiger partial charge is 0.144 e. The fourth-order valence-corrected chi connectivity index (χ4v) is 12.1. The first-order valence-electron chi connectivity index (χ1n) is 19.4. The van der Waals surface area contributed by atoms with Gasteiger partial charge in [0.1, 0.15) is 11.2 Å². The largest absolute Gasteiger partial charge is 0.455 e. The minimum Gasteiger partial charge on any atom is -0.455 e. The summed E-state index contributed by atoms with van der Waals surface area (Å²) in [4.78, 5) is 0. The van der Waals surface area contributed by atoms with Crippen LogP contribution in [0.5, 0.6) is 0 Å². The van der Waals surface area contributed by atoms with Gasteiger partial charge in [0.2, 0.25) is 0 Å². The average Bonchev–Trinajstić information content (AvgIpc) is 3.96. The third kappa shape index (κ3) is 4.44. The standard InChI is InChI=1S/C54H30OS2/c1-2-13-31(14-3-1)48-36-18-6-8-20-38(36)49(39-21-9-7-19-37(39)48)33-25-27-46-43(30-33)41-22-12-23-42(53(41)56-46)50-34-16-5-4-15-32(34)29-44-51-47(57-54(44)50)28-26-40-35-17-10-11-24-45(35)55-52(40)51/h1-30H. The Bertz CT molecular complexity index is 3750. The molecule has 0 atom stereocenters. The molecule has 0 fully saturated rings. The fourth-order valence-electron chi connectivity index (χ4n) is 9.61. The normalized spacial score (nSPS) is 12.2. The molecule has 264 valence electrons. The van der Waals surface area contributed by atoms with Crippen LogP contribution in [0.2, 0.25) is 0 Å². The highest BCUT2D eigenvalue weighted by atomic mass is 32.1. The number of rotatable bonds is 3. The number of hydrogen-bond donors (Lipinski definition) is 0. The molecule has 0 unspecified atom stereocenters. The molecule has 0 saturated carbocycles. The maximum absolute atomic E-state index is 6.64. The van der Waals surface area contributed by atoms with Crippen molar-refractivity contribution in [3.05, 3.63) is 182 Å². The van der Waals surface area contributed by atoms with E-state index in [-0.39, 0.29) is 0 Å². The summed E-state index contributed by atoms with van der Waals surface area (Å²) in [6, 6.07) is 67.0. The van der Waals surface area contributed by atoms with Crippen molar-refractivity contribution in [2.75, 3.05) is 0 Å². The van der Waals surface area contributed by atoms with Crippen molar-refractivity contribution in [1.82, 2.24) is 0 Å². The van der Waals surface area contributed by atoms with Crippen LogP contribution in [0, 0.1) is 0 Å². The molecule has 57 heavy (non-hydrogen) atoms. The number of thiophene rings is 2. The van der Waals surface area contributed by atoms with E-state index < -0.39 is 0 Å². The van der Waals surface area contributed by atoms with E-state index in [1.807, 2.05) is 22.7 Å². The van der Waals surface area contributed by atoms with Crippen LogP contribution in [-0.2, 0) is 0 Å². The van der Waals surface area contributed by atoms with Crippen LogP contribution in [0.25, 0.3) is 128 Å². The summed E-state index contributed by atoms with van der Waals surface area (Å²) in [5.74, 6) is 0. The molecule has 13 aromatic rings. The molecule has 0 spiro atoms. The molecule has 0 saturated heterocycles. The number of hydrogen-bond acceptors (Lipinski definition) is 3. The SMILES string of the molecule is c1ccc(-c2c3ccccc3c(-c3ccc4sc5c(-c6c7ccccc7cc7c6sc6ccc8c9ccccc9oc8c67)cccc5c4c3)c3ccccc23)cc1. The molecule has 0 bridgehead atoms. The molecule has 3 heteroatoms. The summed E-state index contributed by atoms with van der Waals surface area (Å²) in [7, 11) is 0. The molecule has 3 heterocycles. The molecular formula is C54H30OS2. The third-order valence-electron chi connectivity index (χ3n) is 12.0. The monoisotopic (exact) mass is 758 g/mol. The first kappa shape index (κ1) is 31.4. The Balaban J connectivity index is 1.08. The van der Waals surface area contributed by atoms with Gasteiger partial charge in [-0.2, -0.15) is 0 Å². The first-order valence-corrected chi connectivity index (χ1v) is 21.0. The summed E-state index contributed by atoms with van der Waals surface area (Å²) >= 11 is 3.79. The van der Waals surface area contributed by atoms with Gasteiger partial charge in [0.15, 0.2) is 0 Å². The minimum absolute atomic E-state index is 0.933. The van der Waals surface area contributed by atoms with E-state index in [0.717, 1.165) is 16.6 Å². The molecular weight excluding hydrogens is 729 g/mol. The van der Waals surface area contributed by atoms with E-state index in [9.17, 15) is 0 Å². The van der Waals surface area contributed by atoms with Crippen LogP contribution < -0.4 is 0 Å². The van der Waals surface area contributed by atoms with Crippen molar-refractivity contribution in [3.63, 3.8) is 0 Å². The average molecular weight is 759 g/mol. The molecule has 0 N–H and O–H groups in total. The maximum atomic E-state index is 6.64. The Morgan fingerprint density at radius 1 is 0.333 bits per heavy atom. The van der Waals surface area contributed by atoms with Gasteiger partial charge in [-0.05, 0) is 91.0 Å². The van der Waals surface area contributed by atoms with Gasteiger partial charge in [-0.25, -0.2) is 0 Å². The Kier molecular flexibility index (Phi) is 6.54. The van der Waals surface area contributed by atoms with Crippen molar-refractivity contribution in [2.45, 2.75) is 0 Å². The summed E-state index contributed by atoms with van der Waals surface area (Å²) in [6.07, 6.45) is 0. The third-order valence-corrected chi connectivity index (χ3v) is 14.4. The zero-order valence-corrected chi connectivity index (χ0v) is 32.2. The highest BCUT2D eigenvalue weighted by Crippen LogP contribution is 2.51. The number of fused-ring (bicyclic) bond motifs is 13. The van der Waals surface area contributed by atoms with Gasteiger partial charge < -0.3 is 4.42 Å². The zero-order valence-electron chi connectivity index (χ0n) is 30.5. The van der Waals surface area contributed by atoms with Crippen LogP contribution in [0.4, 0.5) is 0 Å². The molecule has 13 rings (SSSR count). The van der Waals surface area contributed by atoms with Crippen molar-refractivity contribution in [1.29, 1.82) is 0 Å². The predicted molar refractivity (Wildman–Crippen MR) is 248 cm³/mol. The predicted octanol–water partition coefficient (Wildman–Crippen LogP) is 16.8. The van der Waals surface area contributed by atoms with Gasteiger partial charge in [0.05, 0.1) is 0 Å². The summed E-state index contributed by atoms with van der Waals surface area (Å²) in [5, 5.41) is 15.0. The summed E-state index contributed by atoms with van der Waals surface area (Å²) in [6.45, 7) is 0. The molecule has 0 aliphatic rings. The van der Waals surface area contributed by atoms with Crippen LogP contribution >= 0.6 is 22.7 Å². The first-order chi connectivity index (χ1) is 28.3. The molecule has 0 radical (unpaired) electrons. The van der Waals surface area contributed by atoms with Crippen LogP contribution in [0.3, 0.4) is 0 Å². The second kappa shape index (κ2) is 11.9. The van der Waals surface area contributed by atoms with Gasteiger partial charge in [0.25, 0.3) is 0 Å². The second-order valence-electron chi connectivity index (χ2n) is 15.1. The van der Waals surface area contributed by atoms with E-state index in [1.165, 1.54) is 111 Å². The lowest BCUT2D eigenvalue weighted by molar-refractivity contribution is 0.673. The second-order valence-corrected chi connectivity index (χ2v) is 17.2. The Morgan fingerprint density at radius 2 is 0.947 bits per heavy atom. The van der Waals surface area contributed by atoms with E-state index in [1.54, 1.807) is 0 Å². The van der Waals surface area contributed by atoms with Crippen LogP contribution in [-0.4, -0.2) is 0 Å². The molecule has 0 aliphatic heterocycles. The van der Waals surface area contributed by atoms with Gasteiger partial charge in [-0.1, -0.05) is 146 Å². The van der Waals surface area contributed by atoms with Gasteiger partial charge in [-0.15, -0.1) is 22.7 Å². The molecule has 10 aromatic carbocycles. The Labute approximate surface area is 335 Å². The van der Waals surface area contributed by atoms with Gasteiger partial charge >= 0.3 is 0 Å². The lowest BCUT2D eigenvalue weighted by atomic mass is 9.86. The molecule has 0 amide bonds. The highest BCUT2D eigenvalue weighted by Gasteiger charge is 2.22. The lowest BCUT2D eigenvalue weighted by Crippen LogP contribution is -1.90. The van der Waals surface area contributed by atoms with Crippen LogP contribution in [0.1, 0.15) is 0 Å². The van der Waals surface area contributed by atoms with Gasteiger partial charge in [0, 0.05) is 62.2 Å². The van der Waals surface area contributed by atoms with Crippen molar-refractivity contribution >= 4 is 117 Å². The maximum Gasteiger partial charge on any atom is 0.144 e. The summed E-state index contributed by atoms with van der Waals surface area (Å²) in [5.41, 5.74) is 9.57. The quantitative estimate of drug-likeness (QED) is 0.164. The molecule has 3 aromatic heterocycles. The van der Waals surface area contributed by atoms with E-state index in [0.29, 0.717) is 0 Å². The highest BCUT2D eigenvalue weighted by molar-refractivity contribution is 7.27. The lowest BCUT2D eigenvalue weighted by Gasteiger charge is -2.17. The molecule has 0 aliphatic carbocycles. The fraction of sp³-hybridized carbons (Fsp3) is 0. The van der Waals surface area contributed by atoms with E-state index >= 15 is 0 Å². The number of para-hydroxylation sites is 1. The van der Waals surface area contributed by atoms with Gasteiger partial charge in [-0.3, -0.25) is 0 Å². The van der Waals surface area contributed by atoms with Crippen LogP contribution in [0.15, 0.2) is 186 Å². The zero-order chi connectivity index (χ0) is 37.2. The van der Waals surface area contributed by atoms with E-state index in [2.05, 4.69) is 182 Å². The van der Waals surface area contributed by atoms with Crippen molar-refractivity contribution in [3.8, 4) is 33.4 Å². The Hall–Kier alpha value is -6.78.